The molecule has 0 spiro atoms. The normalized spacial score (nSPS) is 17.1. The number of hydrogen-bond donors (Lipinski definition) is 3. The minimum Gasteiger partial charge on any atom is -0.369 e. The van der Waals surface area contributed by atoms with E-state index in [1.54, 1.807) is 29.3 Å². The third kappa shape index (κ3) is 3.10. The van der Waals surface area contributed by atoms with Gasteiger partial charge in [0.2, 0.25) is 5.96 Å². The summed E-state index contributed by atoms with van der Waals surface area (Å²) in [5.41, 5.74) is 11.9. The minimum atomic E-state index is -0.274. The standard InChI is InChI=1S/C13H19N5O/c14-11-6-8-17(9-7-11)18(13(15)16)12(19)10-4-2-1-3-5-10/h1-5,11H,6-9,14H2,(H3,15,16). The SMILES string of the molecule is N=C(N)N(C(=O)c1ccccc1)N1CCC(N)CC1. The fourth-order valence-corrected chi connectivity index (χ4v) is 2.18. The topological polar surface area (TPSA) is 99.4 Å². The Kier molecular flexibility index (Phi) is 4.13. The van der Waals surface area contributed by atoms with Gasteiger partial charge in [-0.05, 0) is 25.0 Å². The number of carbonyl (C=O) groups excluding carboxylic acids is 1. The maximum absolute atomic E-state index is 12.4. The Morgan fingerprint density at radius 3 is 2.37 bits per heavy atom. The van der Waals surface area contributed by atoms with Gasteiger partial charge in [0, 0.05) is 24.7 Å². The van der Waals surface area contributed by atoms with E-state index in [0.29, 0.717) is 18.7 Å². The van der Waals surface area contributed by atoms with Crippen molar-refractivity contribution < 1.29 is 4.79 Å². The molecule has 2 rings (SSSR count). The van der Waals surface area contributed by atoms with Gasteiger partial charge < -0.3 is 11.5 Å². The molecule has 0 aliphatic carbocycles. The molecule has 1 aromatic rings. The molecule has 1 heterocycles. The van der Waals surface area contributed by atoms with Crippen LogP contribution in [0, 0.1) is 5.41 Å². The molecule has 1 aliphatic heterocycles. The molecule has 0 aromatic heterocycles. The molecule has 1 amide bonds. The number of rotatable bonds is 2. The van der Waals surface area contributed by atoms with Crippen molar-refractivity contribution in [3.05, 3.63) is 35.9 Å². The number of benzene rings is 1. The van der Waals surface area contributed by atoms with Crippen LogP contribution in [0.15, 0.2) is 30.3 Å². The zero-order valence-corrected chi connectivity index (χ0v) is 10.7. The van der Waals surface area contributed by atoms with E-state index >= 15 is 0 Å². The molecule has 0 bridgehead atoms. The summed E-state index contributed by atoms with van der Waals surface area (Å²) < 4.78 is 0. The Morgan fingerprint density at radius 2 is 1.84 bits per heavy atom. The predicted octanol–water partition coefficient (Wildman–Crippen LogP) is 0.360. The highest BCUT2D eigenvalue weighted by Gasteiger charge is 2.28. The number of nitrogens with zero attached hydrogens (tertiary/aromatic N) is 2. The van der Waals surface area contributed by atoms with E-state index in [1.807, 2.05) is 6.07 Å². The van der Waals surface area contributed by atoms with Gasteiger partial charge in [-0.25, -0.2) is 10.0 Å². The summed E-state index contributed by atoms with van der Waals surface area (Å²) in [6.45, 7) is 1.28. The van der Waals surface area contributed by atoms with Gasteiger partial charge in [0.05, 0.1) is 0 Å². The van der Waals surface area contributed by atoms with E-state index in [-0.39, 0.29) is 17.9 Å². The Labute approximate surface area is 112 Å². The van der Waals surface area contributed by atoms with Crippen molar-refractivity contribution in [1.29, 1.82) is 5.41 Å². The van der Waals surface area contributed by atoms with E-state index in [4.69, 9.17) is 16.9 Å². The lowest BCUT2D eigenvalue weighted by Crippen LogP contribution is -2.56. The monoisotopic (exact) mass is 261 g/mol. The number of guanidine groups is 1. The number of piperidine rings is 1. The van der Waals surface area contributed by atoms with Gasteiger partial charge in [-0.3, -0.25) is 10.2 Å². The molecule has 1 aromatic carbocycles. The first-order valence-electron chi connectivity index (χ1n) is 6.33. The molecular formula is C13H19N5O. The zero-order valence-electron chi connectivity index (χ0n) is 10.7. The van der Waals surface area contributed by atoms with Gasteiger partial charge in [0.1, 0.15) is 0 Å². The molecule has 6 nitrogen and oxygen atoms in total. The van der Waals surface area contributed by atoms with Gasteiger partial charge in [0.25, 0.3) is 5.91 Å². The van der Waals surface area contributed by atoms with E-state index in [1.165, 1.54) is 5.01 Å². The summed E-state index contributed by atoms with van der Waals surface area (Å²) in [4.78, 5) is 12.4. The average Bonchev–Trinajstić information content (AvgIpc) is 2.42. The average molecular weight is 261 g/mol. The van der Waals surface area contributed by atoms with Crippen LogP contribution in [0.4, 0.5) is 0 Å². The summed E-state index contributed by atoms with van der Waals surface area (Å²) in [6.07, 6.45) is 1.59. The molecule has 0 saturated carbocycles. The summed E-state index contributed by atoms with van der Waals surface area (Å²) in [7, 11) is 0. The zero-order chi connectivity index (χ0) is 13.8. The highest BCUT2D eigenvalue weighted by Crippen LogP contribution is 2.14. The Morgan fingerprint density at radius 1 is 1.26 bits per heavy atom. The van der Waals surface area contributed by atoms with Crippen molar-refractivity contribution in [1.82, 2.24) is 10.0 Å². The molecule has 5 N–H and O–H groups in total. The van der Waals surface area contributed by atoms with Crippen molar-refractivity contribution in [2.24, 2.45) is 11.5 Å². The van der Waals surface area contributed by atoms with Crippen molar-refractivity contribution in [3.8, 4) is 0 Å². The van der Waals surface area contributed by atoms with Crippen molar-refractivity contribution in [2.75, 3.05) is 13.1 Å². The number of carbonyl (C=O) groups is 1. The molecule has 19 heavy (non-hydrogen) atoms. The summed E-state index contributed by atoms with van der Waals surface area (Å²) in [5, 5.41) is 10.7. The maximum atomic E-state index is 12.4. The van der Waals surface area contributed by atoms with Crippen LogP contribution in [0.3, 0.4) is 0 Å². The molecule has 102 valence electrons. The smallest absolute Gasteiger partial charge is 0.275 e. The second-order valence-electron chi connectivity index (χ2n) is 4.66. The van der Waals surface area contributed by atoms with Crippen LogP contribution < -0.4 is 11.5 Å². The number of nitrogens with one attached hydrogen (secondary N) is 1. The predicted molar refractivity (Wildman–Crippen MR) is 73.3 cm³/mol. The fourth-order valence-electron chi connectivity index (χ4n) is 2.18. The highest BCUT2D eigenvalue weighted by atomic mass is 16.2. The first-order chi connectivity index (χ1) is 9.09. The third-order valence-electron chi connectivity index (χ3n) is 3.24. The molecular weight excluding hydrogens is 242 g/mol. The molecule has 0 atom stereocenters. The number of nitrogens with two attached hydrogens (primary N) is 2. The summed E-state index contributed by atoms with van der Waals surface area (Å²) in [5.74, 6) is -0.534. The lowest BCUT2D eigenvalue weighted by Gasteiger charge is -2.37. The van der Waals surface area contributed by atoms with Gasteiger partial charge in [-0.1, -0.05) is 18.2 Å². The van der Waals surface area contributed by atoms with Crippen LogP contribution in [0.25, 0.3) is 0 Å². The van der Waals surface area contributed by atoms with Crippen LogP contribution in [0.2, 0.25) is 0 Å². The molecule has 0 radical (unpaired) electrons. The van der Waals surface area contributed by atoms with E-state index in [9.17, 15) is 4.79 Å². The van der Waals surface area contributed by atoms with Crippen LogP contribution in [0.5, 0.6) is 0 Å². The van der Waals surface area contributed by atoms with Crippen LogP contribution in [-0.4, -0.2) is 41.0 Å². The lowest BCUT2D eigenvalue weighted by molar-refractivity contribution is 0.0169. The fraction of sp³-hybridized carbons (Fsp3) is 0.385. The maximum Gasteiger partial charge on any atom is 0.275 e. The largest absolute Gasteiger partial charge is 0.369 e. The van der Waals surface area contributed by atoms with E-state index in [0.717, 1.165) is 12.8 Å². The van der Waals surface area contributed by atoms with Gasteiger partial charge in [-0.2, -0.15) is 0 Å². The first-order valence-corrected chi connectivity index (χ1v) is 6.33. The molecule has 1 saturated heterocycles. The van der Waals surface area contributed by atoms with Crippen LogP contribution in [-0.2, 0) is 0 Å². The van der Waals surface area contributed by atoms with Crippen molar-refractivity contribution >= 4 is 11.9 Å². The second kappa shape index (κ2) is 5.81. The first kappa shape index (κ1) is 13.5. The van der Waals surface area contributed by atoms with Gasteiger partial charge in [-0.15, -0.1) is 0 Å². The third-order valence-corrected chi connectivity index (χ3v) is 3.24. The van der Waals surface area contributed by atoms with E-state index < -0.39 is 0 Å². The van der Waals surface area contributed by atoms with Crippen LogP contribution >= 0.6 is 0 Å². The van der Waals surface area contributed by atoms with E-state index in [2.05, 4.69) is 0 Å². The summed E-state index contributed by atoms with van der Waals surface area (Å²) >= 11 is 0. The number of amides is 1. The molecule has 1 aliphatic rings. The minimum absolute atomic E-state index is 0.164. The molecule has 6 heteroatoms. The lowest BCUT2D eigenvalue weighted by atomic mass is 10.1. The summed E-state index contributed by atoms with van der Waals surface area (Å²) in [6, 6.07) is 9.02. The van der Waals surface area contributed by atoms with Crippen LogP contribution in [0.1, 0.15) is 23.2 Å². The number of hydrazine groups is 1. The Bertz CT molecular complexity index is 453. The molecule has 0 unspecified atom stereocenters. The Balaban J connectivity index is 2.16. The molecule has 1 fully saturated rings. The highest BCUT2D eigenvalue weighted by molar-refractivity contribution is 6.03. The number of hydrogen-bond acceptors (Lipinski definition) is 4. The van der Waals surface area contributed by atoms with Crippen molar-refractivity contribution in [3.63, 3.8) is 0 Å². The Hall–Kier alpha value is -1.92. The van der Waals surface area contributed by atoms with Crippen molar-refractivity contribution in [2.45, 2.75) is 18.9 Å². The second-order valence-corrected chi connectivity index (χ2v) is 4.66. The van der Waals surface area contributed by atoms with Gasteiger partial charge >= 0.3 is 0 Å². The van der Waals surface area contributed by atoms with Gasteiger partial charge in [0.15, 0.2) is 0 Å². The quantitative estimate of drug-likeness (QED) is 0.528.